The average molecular weight is 303 g/mol. The maximum Gasteiger partial charge on any atom is 0.330 e. The highest BCUT2D eigenvalue weighted by atomic mass is 32.2. The summed E-state index contributed by atoms with van der Waals surface area (Å²) < 4.78 is 33.4. The number of morpholine rings is 1. The summed E-state index contributed by atoms with van der Waals surface area (Å²) in [5.41, 5.74) is -1.38. The Hall–Kier alpha value is -1.45. The van der Waals surface area contributed by atoms with Crippen LogP contribution in [-0.4, -0.2) is 47.7 Å². The Bertz CT molecular complexity index is 733. The number of hydrogen-bond acceptors (Lipinski definition) is 5. The molecule has 0 unspecified atom stereocenters. The molecule has 0 aliphatic carbocycles. The van der Waals surface area contributed by atoms with E-state index in [1.165, 1.54) is 18.4 Å². The van der Waals surface area contributed by atoms with E-state index in [1.54, 1.807) is 6.92 Å². The van der Waals surface area contributed by atoms with E-state index < -0.39 is 26.2 Å². The summed E-state index contributed by atoms with van der Waals surface area (Å²) in [5.74, 6) is 0. The fourth-order valence-corrected chi connectivity index (χ4v) is 3.74. The van der Waals surface area contributed by atoms with Gasteiger partial charge in [0.25, 0.3) is 5.56 Å². The number of rotatable bonds is 2. The summed E-state index contributed by atoms with van der Waals surface area (Å²) >= 11 is 0. The molecule has 0 saturated carbocycles. The molecule has 20 heavy (non-hydrogen) atoms. The summed E-state index contributed by atoms with van der Waals surface area (Å²) in [6.07, 6.45) is 0.843. The third kappa shape index (κ3) is 2.43. The van der Waals surface area contributed by atoms with Crippen molar-refractivity contribution in [1.82, 2.24) is 13.4 Å². The molecule has 2 rings (SSSR count). The van der Waals surface area contributed by atoms with Crippen LogP contribution < -0.4 is 11.2 Å². The molecule has 0 amide bonds. The van der Waals surface area contributed by atoms with Gasteiger partial charge in [0.2, 0.25) is 10.0 Å². The first-order valence-electron chi connectivity index (χ1n) is 6.13. The van der Waals surface area contributed by atoms with Crippen molar-refractivity contribution >= 4 is 10.0 Å². The maximum atomic E-state index is 12.5. The smallest absolute Gasteiger partial charge is 0.330 e. The molecular formula is C11H17N3O5S. The second-order valence-corrected chi connectivity index (χ2v) is 6.70. The Morgan fingerprint density at radius 3 is 2.55 bits per heavy atom. The molecule has 112 valence electrons. The summed E-state index contributed by atoms with van der Waals surface area (Å²) in [6.45, 7) is 2.43. The van der Waals surface area contributed by atoms with Crippen LogP contribution in [0.25, 0.3) is 0 Å². The summed E-state index contributed by atoms with van der Waals surface area (Å²) in [4.78, 5) is 23.2. The number of aryl methyl sites for hydroxylation is 1. The van der Waals surface area contributed by atoms with E-state index in [4.69, 9.17) is 4.74 Å². The Kier molecular flexibility index (Phi) is 3.85. The molecule has 8 nitrogen and oxygen atoms in total. The number of sulfonamides is 1. The molecule has 1 aliphatic heterocycles. The van der Waals surface area contributed by atoms with Crippen molar-refractivity contribution in [2.75, 3.05) is 19.7 Å². The first-order valence-corrected chi connectivity index (χ1v) is 7.57. The second kappa shape index (κ2) is 5.15. The second-order valence-electron chi connectivity index (χ2n) is 4.80. The molecule has 0 N–H and O–H groups in total. The SMILES string of the molecule is C[C@H]1CN(S(=O)(=O)c2cn(C)c(=O)n(C)c2=O)CCO1. The van der Waals surface area contributed by atoms with E-state index in [0.717, 1.165) is 15.3 Å². The monoisotopic (exact) mass is 303 g/mol. The lowest BCUT2D eigenvalue weighted by atomic mass is 10.3. The lowest BCUT2D eigenvalue weighted by Gasteiger charge is -2.30. The van der Waals surface area contributed by atoms with Gasteiger partial charge in [-0.25, -0.2) is 13.2 Å². The lowest BCUT2D eigenvalue weighted by molar-refractivity contribution is 0.0101. The molecular weight excluding hydrogens is 286 g/mol. The van der Waals surface area contributed by atoms with Crippen LogP contribution >= 0.6 is 0 Å². The molecule has 0 spiro atoms. The minimum Gasteiger partial charge on any atom is -0.376 e. The topological polar surface area (TPSA) is 90.6 Å². The first kappa shape index (κ1) is 14.9. The molecule has 0 radical (unpaired) electrons. The van der Waals surface area contributed by atoms with Crippen LogP contribution in [0, 0.1) is 0 Å². The van der Waals surface area contributed by atoms with Crippen LogP contribution in [0.5, 0.6) is 0 Å². The summed E-state index contributed by atoms with van der Waals surface area (Å²) in [6, 6.07) is 0. The highest BCUT2D eigenvalue weighted by Crippen LogP contribution is 2.15. The van der Waals surface area contributed by atoms with Gasteiger partial charge in [-0.1, -0.05) is 0 Å². The van der Waals surface area contributed by atoms with Gasteiger partial charge in [-0.15, -0.1) is 0 Å². The molecule has 1 aromatic heterocycles. The predicted molar refractivity (Wildman–Crippen MR) is 71.1 cm³/mol. The molecule has 1 fully saturated rings. The van der Waals surface area contributed by atoms with Crippen LogP contribution in [0.15, 0.2) is 20.7 Å². The molecule has 2 heterocycles. The molecule has 1 atom stereocenters. The van der Waals surface area contributed by atoms with Crippen molar-refractivity contribution in [3.8, 4) is 0 Å². The van der Waals surface area contributed by atoms with Crippen LogP contribution in [0.3, 0.4) is 0 Å². The van der Waals surface area contributed by atoms with Crippen LogP contribution in [0.1, 0.15) is 6.92 Å². The highest BCUT2D eigenvalue weighted by molar-refractivity contribution is 7.89. The van der Waals surface area contributed by atoms with Gasteiger partial charge in [0, 0.05) is 33.4 Å². The van der Waals surface area contributed by atoms with Crippen molar-refractivity contribution in [3.05, 3.63) is 27.0 Å². The molecule has 0 bridgehead atoms. The third-order valence-corrected chi connectivity index (χ3v) is 5.08. The van der Waals surface area contributed by atoms with Crippen LogP contribution in [0.2, 0.25) is 0 Å². The zero-order valence-corrected chi connectivity index (χ0v) is 12.4. The largest absolute Gasteiger partial charge is 0.376 e. The van der Waals surface area contributed by atoms with E-state index >= 15 is 0 Å². The summed E-state index contributed by atoms with van der Waals surface area (Å²) in [7, 11) is -1.27. The van der Waals surface area contributed by atoms with E-state index in [1.807, 2.05) is 0 Å². The zero-order valence-electron chi connectivity index (χ0n) is 11.6. The maximum absolute atomic E-state index is 12.5. The molecule has 9 heteroatoms. The quantitative estimate of drug-likeness (QED) is 0.663. The summed E-state index contributed by atoms with van der Waals surface area (Å²) in [5, 5.41) is 0. The molecule has 1 aromatic rings. The van der Waals surface area contributed by atoms with E-state index in [-0.39, 0.29) is 25.8 Å². The predicted octanol–water partition coefficient (Wildman–Crippen LogP) is -1.51. The van der Waals surface area contributed by atoms with E-state index in [0.29, 0.717) is 0 Å². The van der Waals surface area contributed by atoms with Gasteiger partial charge in [0.05, 0.1) is 12.7 Å². The average Bonchev–Trinajstić information content (AvgIpc) is 2.40. The van der Waals surface area contributed by atoms with Crippen molar-refractivity contribution in [3.63, 3.8) is 0 Å². The molecule has 0 aromatic carbocycles. The van der Waals surface area contributed by atoms with Crippen molar-refractivity contribution in [2.45, 2.75) is 17.9 Å². The Labute approximate surface area is 116 Å². The van der Waals surface area contributed by atoms with Gasteiger partial charge >= 0.3 is 5.69 Å². The van der Waals surface area contributed by atoms with Gasteiger partial charge < -0.3 is 9.30 Å². The fraction of sp³-hybridized carbons (Fsp3) is 0.636. The lowest BCUT2D eigenvalue weighted by Crippen LogP contribution is -2.47. The third-order valence-electron chi connectivity index (χ3n) is 3.24. The minimum atomic E-state index is -3.93. The zero-order chi connectivity index (χ0) is 15.1. The van der Waals surface area contributed by atoms with Crippen molar-refractivity contribution < 1.29 is 13.2 Å². The normalized spacial score (nSPS) is 21.1. The Balaban J connectivity index is 2.56. The van der Waals surface area contributed by atoms with Gasteiger partial charge in [-0.05, 0) is 6.92 Å². The Morgan fingerprint density at radius 1 is 1.30 bits per heavy atom. The number of hydrogen-bond donors (Lipinski definition) is 0. The van der Waals surface area contributed by atoms with Gasteiger partial charge in [0.1, 0.15) is 0 Å². The number of ether oxygens (including phenoxy) is 1. The minimum absolute atomic E-state index is 0.189. The fourth-order valence-electron chi connectivity index (χ4n) is 2.10. The van der Waals surface area contributed by atoms with Gasteiger partial charge in [-0.3, -0.25) is 9.36 Å². The Morgan fingerprint density at radius 2 is 1.95 bits per heavy atom. The molecule has 1 aliphatic rings. The van der Waals surface area contributed by atoms with Crippen LogP contribution in [-0.2, 0) is 28.9 Å². The number of aromatic nitrogens is 2. The van der Waals surface area contributed by atoms with Crippen molar-refractivity contribution in [2.24, 2.45) is 14.1 Å². The van der Waals surface area contributed by atoms with Crippen LogP contribution in [0.4, 0.5) is 0 Å². The molecule has 1 saturated heterocycles. The number of nitrogens with zero attached hydrogens (tertiary/aromatic N) is 3. The van der Waals surface area contributed by atoms with E-state index in [9.17, 15) is 18.0 Å². The standard InChI is InChI=1S/C11H17N3O5S/c1-8-6-14(4-5-19-8)20(17,18)9-7-12(2)11(16)13(3)10(9)15/h7-8H,4-6H2,1-3H3/t8-/m0/s1. The van der Waals surface area contributed by atoms with E-state index in [2.05, 4.69) is 0 Å². The van der Waals surface area contributed by atoms with Gasteiger partial charge in [-0.2, -0.15) is 4.31 Å². The first-order chi connectivity index (χ1) is 9.25. The van der Waals surface area contributed by atoms with Gasteiger partial charge in [0.15, 0.2) is 4.90 Å². The highest BCUT2D eigenvalue weighted by Gasteiger charge is 2.32. The van der Waals surface area contributed by atoms with Crippen molar-refractivity contribution in [1.29, 1.82) is 0 Å².